The van der Waals surface area contributed by atoms with Crippen LogP contribution in [0.2, 0.25) is 0 Å². The smallest absolute Gasteiger partial charge is 0.298 e. The lowest BCUT2D eigenvalue weighted by Gasteiger charge is -2.33. The first kappa shape index (κ1) is 11.3. The highest BCUT2D eigenvalue weighted by molar-refractivity contribution is 5.78. The van der Waals surface area contributed by atoms with Crippen molar-refractivity contribution in [2.45, 2.75) is 19.4 Å². The van der Waals surface area contributed by atoms with Gasteiger partial charge in [0, 0.05) is 18.3 Å². The minimum atomic E-state index is 0.337. The average Bonchev–Trinajstić information content (AvgIpc) is 2.81. The molecule has 0 saturated carbocycles. The molecule has 0 bridgehead atoms. The fourth-order valence-corrected chi connectivity index (χ4v) is 2.30. The minimum Gasteiger partial charge on any atom is -0.423 e. The molecule has 96 valence electrons. The summed E-state index contributed by atoms with van der Waals surface area (Å²) in [6, 6.07) is 6.55. The maximum atomic E-state index is 5.80. The number of oxazole rings is 1. The molecule has 1 aromatic heterocycles. The summed E-state index contributed by atoms with van der Waals surface area (Å²) in [7, 11) is 0. The Morgan fingerprint density at radius 3 is 3.22 bits per heavy atom. The van der Waals surface area contributed by atoms with Crippen LogP contribution in [0.15, 0.2) is 22.6 Å². The molecule has 5 heteroatoms. The van der Waals surface area contributed by atoms with Crippen molar-refractivity contribution in [3.05, 3.63) is 18.2 Å². The predicted molar refractivity (Wildman–Crippen MR) is 70.7 cm³/mol. The molecule has 1 atom stereocenters. The number of hydrogen-bond donors (Lipinski definition) is 1. The van der Waals surface area contributed by atoms with Gasteiger partial charge in [0.1, 0.15) is 5.52 Å². The molecule has 0 spiro atoms. The van der Waals surface area contributed by atoms with E-state index in [1.54, 1.807) is 0 Å². The van der Waals surface area contributed by atoms with E-state index in [-0.39, 0.29) is 0 Å². The van der Waals surface area contributed by atoms with Gasteiger partial charge in [0.05, 0.1) is 19.3 Å². The number of rotatable bonds is 2. The van der Waals surface area contributed by atoms with Gasteiger partial charge in [0.25, 0.3) is 6.01 Å². The van der Waals surface area contributed by atoms with Crippen molar-refractivity contribution in [3.63, 3.8) is 0 Å². The van der Waals surface area contributed by atoms with Gasteiger partial charge in [-0.1, -0.05) is 6.92 Å². The highest BCUT2D eigenvalue weighted by Crippen LogP contribution is 2.26. The van der Waals surface area contributed by atoms with E-state index >= 15 is 0 Å². The molecule has 2 aromatic rings. The van der Waals surface area contributed by atoms with E-state index in [2.05, 4.69) is 16.8 Å². The number of aromatic nitrogens is 1. The first-order chi connectivity index (χ1) is 8.78. The molecule has 18 heavy (non-hydrogen) atoms. The number of nitrogen functional groups attached to an aromatic ring is 1. The van der Waals surface area contributed by atoms with Gasteiger partial charge in [-0.05, 0) is 18.6 Å². The molecular formula is C13H17N3O2. The van der Waals surface area contributed by atoms with Crippen LogP contribution in [0.5, 0.6) is 0 Å². The third-order valence-electron chi connectivity index (χ3n) is 3.35. The molecule has 1 fully saturated rings. The van der Waals surface area contributed by atoms with Crippen LogP contribution in [0.3, 0.4) is 0 Å². The van der Waals surface area contributed by atoms with Crippen molar-refractivity contribution < 1.29 is 9.15 Å². The third-order valence-corrected chi connectivity index (χ3v) is 3.35. The molecule has 0 amide bonds. The number of ether oxygens (including phenoxy) is 1. The molecule has 1 saturated heterocycles. The van der Waals surface area contributed by atoms with Gasteiger partial charge < -0.3 is 19.8 Å². The van der Waals surface area contributed by atoms with Crippen LogP contribution in [0.1, 0.15) is 13.3 Å². The SMILES string of the molecule is CCC1COCCN1c1nc2ccc(N)cc2o1. The van der Waals surface area contributed by atoms with Crippen molar-refractivity contribution in [2.75, 3.05) is 30.4 Å². The molecule has 1 aliphatic rings. The number of nitrogens with two attached hydrogens (primary N) is 1. The first-order valence-electron chi connectivity index (χ1n) is 6.28. The fourth-order valence-electron chi connectivity index (χ4n) is 2.30. The third kappa shape index (κ3) is 1.90. The lowest BCUT2D eigenvalue weighted by molar-refractivity contribution is 0.0903. The minimum absolute atomic E-state index is 0.337. The summed E-state index contributed by atoms with van der Waals surface area (Å²) < 4.78 is 11.3. The summed E-state index contributed by atoms with van der Waals surface area (Å²) in [5, 5.41) is 0. The second-order valence-electron chi connectivity index (χ2n) is 4.55. The van der Waals surface area contributed by atoms with Gasteiger partial charge in [0.2, 0.25) is 0 Å². The number of hydrogen-bond acceptors (Lipinski definition) is 5. The van der Waals surface area contributed by atoms with Gasteiger partial charge in [-0.15, -0.1) is 0 Å². The van der Waals surface area contributed by atoms with Crippen molar-refractivity contribution in [1.29, 1.82) is 0 Å². The summed E-state index contributed by atoms with van der Waals surface area (Å²) in [5.41, 5.74) is 8.03. The Hall–Kier alpha value is -1.75. The van der Waals surface area contributed by atoms with E-state index < -0.39 is 0 Å². The van der Waals surface area contributed by atoms with Crippen LogP contribution in [0, 0.1) is 0 Å². The van der Waals surface area contributed by atoms with Gasteiger partial charge in [-0.2, -0.15) is 4.98 Å². The van der Waals surface area contributed by atoms with Crippen LogP contribution >= 0.6 is 0 Å². The lowest BCUT2D eigenvalue weighted by Crippen LogP contribution is -2.45. The summed E-state index contributed by atoms with van der Waals surface area (Å²) in [5.74, 6) is 0. The van der Waals surface area contributed by atoms with Gasteiger partial charge in [-0.3, -0.25) is 0 Å². The molecule has 0 aliphatic carbocycles. The van der Waals surface area contributed by atoms with Crippen molar-refractivity contribution in [1.82, 2.24) is 4.98 Å². The number of morpholine rings is 1. The van der Waals surface area contributed by atoms with Crippen LogP contribution < -0.4 is 10.6 Å². The van der Waals surface area contributed by atoms with Crippen LogP contribution in [0.25, 0.3) is 11.1 Å². The van der Waals surface area contributed by atoms with Gasteiger partial charge in [0.15, 0.2) is 5.58 Å². The molecule has 5 nitrogen and oxygen atoms in total. The highest BCUT2D eigenvalue weighted by Gasteiger charge is 2.25. The molecule has 1 aliphatic heterocycles. The fraction of sp³-hybridized carbons (Fsp3) is 0.462. The van der Waals surface area contributed by atoms with E-state index in [1.807, 2.05) is 18.2 Å². The molecule has 0 radical (unpaired) electrons. The summed E-state index contributed by atoms with van der Waals surface area (Å²) in [4.78, 5) is 6.70. The van der Waals surface area contributed by atoms with Gasteiger partial charge >= 0.3 is 0 Å². The zero-order valence-corrected chi connectivity index (χ0v) is 10.4. The van der Waals surface area contributed by atoms with E-state index in [0.717, 1.165) is 37.3 Å². The molecule has 1 aromatic carbocycles. The predicted octanol–water partition coefficient (Wildman–Crippen LogP) is 2.03. The van der Waals surface area contributed by atoms with E-state index in [0.29, 0.717) is 17.7 Å². The lowest BCUT2D eigenvalue weighted by atomic mass is 10.2. The summed E-state index contributed by atoms with van der Waals surface area (Å²) >= 11 is 0. The van der Waals surface area contributed by atoms with Crippen molar-refractivity contribution >= 4 is 22.8 Å². The van der Waals surface area contributed by atoms with E-state index in [1.165, 1.54) is 0 Å². The largest absolute Gasteiger partial charge is 0.423 e. The highest BCUT2D eigenvalue weighted by atomic mass is 16.5. The summed E-state index contributed by atoms with van der Waals surface area (Å²) in [6.07, 6.45) is 1.01. The number of nitrogens with zero attached hydrogens (tertiary/aromatic N) is 2. The van der Waals surface area contributed by atoms with Crippen LogP contribution in [-0.2, 0) is 4.74 Å². The zero-order valence-electron chi connectivity index (χ0n) is 10.4. The first-order valence-corrected chi connectivity index (χ1v) is 6.28. The number of benzene rings is 1. The topological polar surface area (TPSA) is 64.5 Å². The van der Waals surface area contributed by atoms with E-state index in [9.17, 15) is 0 Å². The Morgan fingerprint density at radius 1 is 1.50 bits per heavy atom. The Morgan fingerprint density at radius 2 is 2.39 bits per heavy atom. The Balaban J connectivity index is 1.97. The molecule has 3 rings (SSSR count). The Labute approximate surface area is 106 Å². The molecule has 2 heterocycles. The average molecular weight is 247 g/mol. The number of anilines is 2. The monoisotopic (exact) mass is 247 g/mol. The number of fused-ring (bicyclic) bond motifs is 1. The van der Waals surface area contributed by atoms with Crippen molar-refractivity contribution in [3.8, 4) is 0 Å². The van der Waals surface area contributed by atoms with E-state index in [4.69, 9.17) is 14.9 Å². The standard InChI is InChI=1S/C13H17N3O2/c1-2-10-8-17-6-5-16(10)13-15-11-4-3-9(14)7-12(11)18-13/h3-4,7,10H,2,5-6,8,14H2,1H3. The van der Waals surface area contributed by atoms with Crippen molar-refractivity contribution in [2.24, 2.45) is 0 Å². The maximum Gasteiger partial charge on any atom is 0.298 e. The normalized spacial score (nSPS) is 20.5. The Bertz CT molecular complexity index is 552. The molecule has 2 N–H and O–H groups in total. The van der Waals surface area contributed by atoms with Crippen LogP contribution in [-0.4, -0.2) is 30.8 Å². The Kier molecular flexibility index (Phi) is 2.83. The summed E-state index contributed by atoms with van der Waals surface area (Å²) in [6.45, 7) is 4.42. The quantitative estimate of drug-likeness (QED) is 0.822. The molecule has 1 unspecified atom stereocenters. The maximum absolute atomic E-state index is 5.80. The van der Waals surface area contributed by atoms with Gasteiger partial charge in [-0.25, -0.2) is 0 Å². The zero-order chi connectivity index (χ0) is 12.5. The molecular weight excluding hydrogens is 230 g/mol. The van der Waals surface area contributed by atoms with Crippen LogP contribution in [0.4, 0.5) is 11.7 Å². The second-order valence-corrected chi connectivity index (χ2v) is 4.55. The second kappa shape index (κ2) is 4.49.